The molecule has 0 radical (unpaired) electrons. The van der Waals surface area contributed by atoms with E-state index in [2.05, 4.69) is 6.58 Å². The summed E-state index contributed by atoms with van der Waals surface area (Å²) in [4.78, 5) is 0. The Hall–Kier alpha value is -0.340. The van der Waals surface area contributed by atoms with Crippen molar-refractivity contribution in [2.75, 3.05) is 7.11 Å². The van der Waals surface area contributed by atoms with E-state index in [0.29, 0.717) is 12.8 Å². The van der Waals surface area contributed by atoms with Crippen LogP contribution in [0.1, 0.15) is 26.7 Å². The molecule has 0 aliphatic rings. The van der Waals surface area contributed by atoms with Gasteiger partial charge in [0.05, 0.1) is 11.7 Å². The Bertz CT molecular complexity index is 119. The minimum atomic E-state index is -0.669. The molecule has 2 nitrogen and oxygen atoms in total. The van der Waals surface area contributed by atoms with E-state index in [9.17, 15) is 5.11 Å². The Balaban J connectivity index is 3.79. The fourth-order valence-electron chi connectivity index (χ4n) is 1.10. The summed E-state index contributed by atoms with van der Waals surface area (Å²) in [5, 5.41) is 9.66. The number of methoxy groups -OCH3 is 1. The van der Waals surface area contributed by atoms with Crippen molar-refractivity contribution in [3.63, 3.8) is 0 Å². The van der Waals surface area contributed by atoms with Crippen molar-refractivity contribution in [3.8, 4) is 0 Å². The van der Waals surface area contributed by atoms with Crippen LogP contribution in [0.2, 0.25) is 0 Å². The molecule has 2 unspecified atom stereocenters. The normalized spacial score (nSPS) is 18.9. The second-order valence-electron chi connectivity index (χ2n) is 3.24. The van der Waals surface area contributed by atoms with Crippen molar-refractivity contribution in [2.24, 2.45) is 0 Å². The molecule has 0 heterocycles. The van der Waals surface area contributed by atoms with Crippen molar-refractivity contribution in [3.05, 3.63) is 12.7 Å². The highest BCUT2D eigenvalue weighted by molar-refractivity contribution is 4.84. The molecular formula is C9H18O2. The molecule has 1 N–H and O–H groups in total. The number of aliphatic hydroxyl groups is 1. The molecule has 0 aliphatic heterocycles. The molecule has 11 heavy (non-hydrogen) atoms. The molecule has 0 fully saturated rings. The molecule has 0 bridgehead atoms. The van der Waals surface area contributed by atoms with E-state index >= 15 is 0 Å². The fraction of sp³-hybridized carbons (Fsp3) is 0.778. The van der Waals surface area contributed by atoms with Crippen LogP contribution in [0, 0.1) is 0 Å². The minimum Gasteiger partial charge on any atom is -0.390 e. The lowest BCUT2D eigenvalue weighted by atomic mass is 9.95. The zero-order valence-corrected chi connectivity index (χ0v) is 7.63. The minimum absolute atomic E-state index is 0.102. The predicted molar refractivity (Wildman–Crippen MR) is 46.5 cm³/mol. The first-order valence-electron chi connectivity index (χ1n) is 3.88. The molecule has 0 spiro atoms. The van der Waals surface area contributed by atoms with E-state index in [1.165, 1.54) is 0 Å². The van der Waals surface area contributed by atoms with Crippen LogP contribution in [-0.2, 0) is 4.74 Å². The Morgan fingerprint density at radius 2 is 2.27 bits per heavy atom. The third kappa shape index (κ3) is 4.99. The smallest absolute Gasteiger partial charge is 0.0678 e. The first-order valence-corrected chi connectivity index (χ1v) is 3.88. The second-order valence-corrected chi connectivity index (χ2v) is 3.24. The van der Waals surface area contributed by atoms with Gasteiger partial charge < -0.3 is 9.84 Å². The molecule has 0 aromatic carbocycles. The molecule has 0 amide bonds. The van der Waals surface area contributed by atoms with E-state index in [-0.39, 0.29) is 6.10 Å². The molecule has 0 saturated carbocycles. The zero-order chi connectivity index (χ0) is 8.91. The lowest BCUT2D eigenvalue weighted by molar-refractivity contribution is -0.00393. The van der Waals surface area contributed by atoms with Crippen molar-refractivity contribution in [2.45, 2.75) is 38.4 Å². The SMILES string of the molecule is C=CCC(C)(O)CC(C)OC. The Morgan fingerprint density at radius 3 is 2.64 bits per heavy atom. The van der Waals surface area contributed by atoms with Crippen molar-refractivity contribution in [1.29, 1.82) is 0 Å². The summed E-state index contributed by atoms with van der Waals surface area (Å²) in [5.41, 5.74) is -0.669. The van der Waals surface area contributed by atoms with E-state index in [1.54, 1.807) is 20.1 Å². The van der Waals surface area contributed by atoms with Gasteiger partial charge in [0.25, 0.3) is 0 Å². The summed E-state index contributed by atoms with van der Waals surface area (Å²) in [5.74, 6) is 0. The van der Waals surface area contributed by atoms with Gasteiger partial charge in [-0.3, -0.25) is 0 Å². The van der Waals surface area contributed by atoms with Gasteiger partial charge in [-0.1, -0.05) is 6.08 Å². The zero-order valence-electron chi connectivity index (χ0n) is 7.63. The average Bonchev–Trinajstić information content (AvgIpc) is 1.86. The van der Waals surface area contributed by atoms with Gasteiger partial charge in [-0.25, -0.2) is 0 Å². The maximum absolute atomic E-state index is 9.66. The standard InChI is InChI=1S/C9H18O2/c1-5-6-9(3,10)7-8(2)11-4/h5,8,10H,1,6-7H2,2-4H3. The van der Waals surface area contributed by atoms with Gasteiger partial charge in [0.15, 0.2) is 0 Å². The summed E-state index contributed by atoms with van der Waals surface area (Å²) in [6.45, 7) is 7.32. The van der Waals surface area contributed by atoms with Crippen LogP contribution in [-0.4, -0.2) is 23.9 Å². The number of hydrogen-bond donors (Lipinski definition) is 1. The monoisotopic (exact) mass is 158 g/mol. The number of rotatable bonds is 5. The lowest BCUT2D eigenvalue weighted by Gasteiger charge is -2.24. The summed E-state index contributed by atoms with van der Waals surface area (Å²) in [6.07, 6.45) is 3.09. The third-order valence-corrected chi connectivity index (χ3v) is 1.71. The van der Waals surface area contributed by atoms with Crippen LogP contribution < -0.4 is 0 Å². The van der Waals surface area contributed by atoms with Crippen molar-refractivity contribution >= 4 is 0 Å². The highest BCUT2D eigenvalue weighted by atomic mass is 16.5. The summed E-state index contributed by atoms with van der Waals surface area (Å²) in [7, 11) is 1.65. The van der Waals surface area contributed by atoms with Crippen LogP contribution in [0.4, 0.5) is 0 Å². The van der Waals surface area contributed by atoms with Crippen molar-refractivity contribution in [1.82, 2.24) is 0 Å². The predicted octanol–water partition coefficient (Wildman–Crippen LogP) is 1.74. The molecule has 0 saturated heterocycles. The van der Waals surface area contributed by atoms with Crippen molar-refractivity contribution < 1.29 is 9.84 Å². The summed E-state index contributed by atoms with van der Waals surface area (Å²) >= 11 is 0. The third-order valence-electron chi connectivity index (χ3n) is 1.71. The molecule has 2 atom stereocenters. The second kappa shape index (κ2) is 4.52. The first kappa shape index (κ1) is 10.7. The van der Waals surface area contributed by atoms with Crippen LogP contribution in [0.25, 0.3) is 0 Å². The number of ether oxygens (including phenoxy) is 1. The van der Waals surface area contributed by atoms with E-state index in [0.717, 1.165) is 0 Å². The summed E-state index contributed by atoms with van der Waals surface area (Å²) < 4.78 is 5.04. The molecule has 0 aliphatic carbocycles. The number of hydrogen-bond acceptors (Lipinski definition) is 2. The van der Waals surface area contributed by atoms with Gasteiger partial charge in [0, 0.05) is 13.5 Å². The summed E-state index contributed by atoms with van der Waals surface area (Å²) in [6, 6.07) is 0. The van der Waals surface area contributed by atoms with Gasteiger partial charge >= 0.3 is 0 Å². The quantitative estimate of drug-likeness (QED) is 0.617. The first-order chi connectivity index (χ1) is 5.02. The highest BCUT2D eigenvalue weighted by Crippen LogP contribution is 2.17. The molecule has 2 heteroatoms. The van der Waals surface area contributed by atoms with Gasteiger partial charge in [-0.2, -0.15) is 0 Å². The van der Waals surface area contributed by atoms with E-state index < -0.39 is 5.60 Å². The Labute approximate surface area is 68.9 Å². The van der Waals surface area contributed by atoms with Gasteiger partial charge in [-0.15, -0.1) is 6.58 Å². The van der Waals surface area contributed by atoms with Crippen LogP contribution >= 0.6 is 0 Å². The molecule has 0 aromatic heterocycles. The van der Waals surface area contributed by atoms with Gasteiger partial charge in [-0.05, 0) is 20.3 Å². The molecule has 0 rings (SSSR count). The molecular weight excluding hydrogens is 140 g/mol. The van der Waals surface area contributed by atoms with Crippen LogP contribution in [0.5, 0.6) is 0 Å². The van der Waals surface area contributed by atoms with E-state index in [1.807, 2.05) is 6.92 Å². The fourth-order valence-corrected chi connectivity index (χ4v) is 1.10. The lowest BCUT2D eigenvalue weighted by Crippen LogP contribution is -2.28. The molecule has 0 aromatic rings. The van der Waals surface area contributed by atoms with Crippen LogP contribution in [0.15, 0.2) is 12.7 Å². The van der Waals surface area contributed by atoms with E-state index in [4.69, 9.17) is 4.74 Å². The maximum Gasteiger partial charge on any atom is 0.0678 e. The Morgan fingerprint density at radius 1 is 1.73 bits per heavy atom. The van der Waals surface area contributed by atoms with Crippen LogP contribution in [0.3, 0.4) is 0 Å². The molecule has 66 valence electrons. The Kier molecular flexibility index (Phi) is 4.38. The topological polar surface area (TPSA) is 29.5 Å². The average molecular weight is 158 g/mol. The highest BCUT2D eigenvalue weighted by Gasteiger charge is 2.21. The largest absolute Gasteiger partial charge is 0.390 e. The maximum atomic E-state index is 9.66. The van der Waals surface area contributed by atoms with Gasteiger partial charge in [0.2, 0.25) is 0 Å². The van der Waals surface area contributed by atoms with Gasteiger partial charge in [0.1, 0.15) is 0 Å².